The molecule has 2 aromatic rings. The number of halogens is 1. The van der Waals surface area contributed by atoms with Crippen molar-refractivity contribution in [2.45, 2.75) is 6.42 Å². The normalized spacial score (nSPS) is 15.0. The van der Waals surface area contributed by atoms with Crippen molar-refractivity contribution in [3.63, 3.8) is 0 Å². The molecule has 2 aromatic heterocycles. The predicted octanol–water partition coefficient (Wildman–Crippen LogP) is 2.02. The van der Waals surface area contributed by atoms with Crippen LogP contribution in [0.25, 0.3) is 9.40 Å². The maximum atomic E-state index is 12.5. The first kappa shape index (κ1) is 17.2. The standard InChI is InChI=1S/C14H17N3O2S2.ClH/c15-3-1-13(18)16-4-6-17(7-5-16)14(19)12-9-11-10(21-12)2-8-20-11;/h2,8-9H,1,3-7,15H2;1H. The number of nitrogens with two attached hydrogens (primary N) is 1. The molecule has 22 heavy (non-hydrogen) atoms. The molecule has 2 N–H and O–H groups in total. The maximum absolute atomic E-state index is 12.5. The summed E-state index contributed by atoms with van der Waals surface area (Å²) in [7, 11) is 0. The summed E-state index contributed by atoms with van der Waals surface area (Å²) in [5.74, 6) is 0.163. The first-order chi connectivity index (χ1) is 10.2. The van der Waals surface area contributed by atoms with E-state index in [1.165, 1.54) is 9.40 Å². The number of hydrogen-bond acceptors (Lipinski definition) is 5. The molecule has 0 bridgehead atoms. The number of rotatable bonds is 3. The third kappa shape index (κ3) is 3.43. The topological polar surface area (TPSA) is 66.6 Å². The van der Waals surface area contributed by atoms with E-state index in [0.717, 1.165) is 4.88 Å². The van der Waals surface area contributed by atoms with E-state index in [0.29, 0.717) is 39.1 Å². The molecule has 120 valence electrons. The fourth-order valence-corrected chi connectivity index (χ4v) is 4.54. The lowest BCUT2D eigenvalue weighted by Crippen LogP contribution is -2.50. The van der Waals surface area contributed by atoms with Crippen LogP contribution < -0.4 is 5.73 Å². The van der Waals surface area contributed by atoms with Gasteiger partial charge in [-0.15, -0.1) is 35.1 Å². The van der Waals surface area contributed by atoms with Crippen LogP contribution in [0.5, 0.6) is 0 Å². The first-order valence-electron chi connectivity index (χ1n) is 6.93. The molecule has 8 heteroatoms. The van der Waals surface area contributed by atoms with Gasteiger partial charge in [0.15, 0.2) is 0 Å². The van der Waals surface area contributed by atoms with Gasteiger partial charge in [0.2, 0.25) is 5.91 Å². The van der Waals surface area contributed by atoms with Crippen molar-refractivity contribution in [1.82, 2.24) is 9.80 Å². The van der Waals surface area contributed by atoms with Crippen LogP contribution in [-0.2, 0) is 4.79 Å². The second-order valence-electron chi connectivity index (χ2n) is 4.97. The molecule has 0 unspecified atom stereocenters. The predicted molar refractivity (Wildman–Crippen MR) is 93.1 cm³/mol. The Kier molecular flexibility index (Phi) is 5.80. The first-order valence-corrected chi connectivity index (χ1v) is 8.63. The lowest BCUT2D eigenvalue weighted by molar-refractivity contribution is -0.132. The van der Waals surface area contributed by atoms with E-state index in [4.69, 9.17) is 5.73 Å². The molecule has 0 spiro atoms. The van der Waals surface area contributed by atoms with E-state index in [-0.39, 0.29) is 24.2 Å². The Morgan fingerprint density at radius 1 is 1.14 bits per heavy atom. The van der Waals surface area contributed by atoms with Gasteiger partial charge in [-0.1, -0.05) is 0 Å². The Labute approximate surface area is 143 Å². The quantitative estimate of drug-likeness (QED) is 0.911. The van der Waals surface area contributed by atoms with Crippen LogP contribution in [0.15, 0.2) is 17.5 Å². The molecule has 1 fully saturated rings. The van der Waals surface area contributed by atoms with Gasteiger partial charge in [-0.25, -0.2) is 0 Å². The van der Waals surface area contributed by atoms with Crippen LogP contribution in [0.2, 0.25) is 0 Å². The van der Waals surface area contributed by atoms with E-state index >= 15 is 0 Å². The summed E-state index contributed by atoms with van der Waals surface area (Å²) in [4.78, 5) is 28.7. The highest BCUT2D eigenvalue weighted by atomic mass is 35.5. The number of carbonyl (C=O) groups is 2. The average molecular weight is 360 g/mol. The van der Waals surface area contributed by atoms with Gasteiger partial charge < -0.3 is 15.5 Å². The van der Waals surface area contributed by atoms with Gasteiger partial charge in [-0.3, -0.25) is 9.59 Å². The van der Waals surface area contributed by atoms with E-state index in [2.05, 4.69) is 0 Å². The number of amides is 2. The van der Waals surface area contributed by atoms with Gasteiger partial charge in [0.25, 0.3) is 5.91 Å². The van der Waals surface area contributed by atoms with Gasteiger partial charge in [0.1, 0.15) is 0 Å². The fourth-order valence-electron chi connectivity index (χ4n) is 2.47. The molecule has 0 aliphatic carbocycles. The lowest BCUT2D eigenvalue weighted by atomic mass is 10.2. The summed E-state index contributed by atoms with van der Waals surface area (Å²) in [6.45, 7) is 2.78. The van der Waals surface area contributed by atoms with Gasteiger partial charge >= 0.3 is 0 Å². The van der Waals surface area contributed by atoms with E-state index in [9.17, 15) is 9.59 Å². The zero-order valence-corrected chi connectivity index (χ0v) is 14.4. The van der Waals surface area contributed by atoms with Crippen molar-refractivity contribution in [2.75, 3.05) is 32.7 Å². The second kappa shape index (κ2) is 7.41. The summed E-state index contributed by atoms with van der Waals surface area (Å²) in [6.07, 6.45) is 0.384. The summed E-state index contributed by atoms with van der Waals surface area (Å²) in [5, 5.41) is 2.04. The highest BCUT2D eigenvalue weighted by Gasteiger charge is 2.25. The van der Waals surface area contributed by atoms with Gasteiger partial charge in [0, 0.05) is 48.5 Å². The molecular formula is C14H18ClN3O2S2. The third-order valence-corrected chi connectivity index (χ3v) is 5.71. The van der Waals surface area contributed by atoms with Crippen molar-refractivity contribution < 1.29 is 9.59 Å². The Morgan fingerprint density at radius 3 is 2.45 bits per heavy atom. The monoisotopic (exact) mass is 359 g/mol. The van der Waals surface area contributed by atoms with E-state index in [1.54, 1.807) is 27.6 Å². The minimum atomic E-state index is 0. The van der Waals surface area contributed by atoms with Crippen molar-refractivity contribution in [3.05, 3.63) is 22.4 Å². The van der Waals surface area contributed by atoms with Gasteiger partial charge in [-0.2, -0.15) is 0 Å². The second-order valence-corrected chi connectivity index (χ2v) is 7.00. The van der Waals surface area contributed by atoms with E-state index in [1.807, 2.05) is 22.4 Å². The number of hydrogen-bond donors (Lipinski definition) is 1. The zero-order valence-electron chi connectivity index (χ0n) is 12.0. The number of fused-ring (bicyclic) bond motifs is 1. The highest BCUT2D eigenvalue weighted by Crippen LogP contribution is 2.30. The number of carbonyl (C=O) groups excluding carboxylic acids is 2. The molecule has 0 radical (unpaired) electrons. The van der Waals surface area contributed by atoms with Crippen molar-refractivity contribution in [1.29, 1.82) is 0 Å². The highest BCUT2D eigenvalue weighted by molar-refractivity contribution is 7.27. The van der Waals surface area contributed by atoms with Gasteiger partial charge in [-0.05, 0) is 17.5 Å². The van der Waals surface area contributed by atoms with Crippen LogP contribution in [0.1, 0.15) is 16.1 Å². The molecule has 1 aliphatic rings. The van der Waals surface area contributed by atoms with Crippen LogP contribution >= 0.6 is 35.1 Å². The number of piperazine rings is 1. The van der Waals surface area contributed by atoms with Crippen molar-refractivity contribution in [2.24, 2.45) is 5.73 Å². The minimum absolute atomic E-state index is 0. The molecule has 3 rings (SSSR count). The fraction of sp³-hybridized carbons (Fsp3) is 0.429. The molecule has 5 nitrogen and oxygen atoms in total. The summed E-state index contributed by atoms with van der Waals surface area (Å²) >= 11 is 3.20. The van der Waals surface area contributed by atoms with Crippen LogP contribution in [0.3, 0.4) is 0 Å². The summed E-state index contributed by atoms with van der Waals surface area (Å²) < 4.78 is 2.33. The summed E-state index contributed by atoms with van der Waals surface area (Å²) in [6, 6.07) is 4.02. The number of nitrogens with zero attached hydrogens (tertiary/aromatic N) is 2. The molecule has 3 heterocycles. The molecular weight excluding hydrogens is 342 g/mol. The number of thiophene rings is 2. The van der Waals surface area contributed by atoms with E-state index < -0.39 is 0 Å². The molecule has 1 aliphatic heterocycles. The SMILES string of the molecule is Cl.NCCC(=O)N1CCN(C(=O)c2cc3sccc3s2)CC1. The Bertz CT molecular complexity index is 633. The zero-order chi connectivity index (χ0) is 14.8. The molecule has 0 aromatic carbocycles. The van der Waals surface area contributed by atoms with Crippen molar-refractivity contribution >= 4 is 56.3 Å². The third-order valence-electron chi connectivity index (χ3n) is 3.63. The van der Waals surface area contributed by atoms with Crippen LogP contribution in [-0.4, -0.2) is 54.3 Å². The summed E-state index contributed by atoms with van der Waals surface area (Å²) in [5.41, 5.74) is 5.40. The van der Waals surface area contributed by atoms with Gasteiger partial charge in [0.05, 0.1) is 4.88 Å². The molecule has 0 saturated carbocycles. The Morgan fingerprint density at radius 2 is 1.82 bits per heavy atom. The van der Waals surface area contributed by atoms with Crippen LogP contribution in [0, 0.1) is 0 Å². The Hall–Kier alpha value is -1.15. The molecule has 1 saturated heterocycles. The van der Waals surface area contributed by atoms with Crippen molar-refractivity contribution in [3.8, 4) is 0 Å². The smallest absolute Gasteiger partial charge is 0.264 e. The Balaban J connectivity index is 0.00000176. The molecule has 0 atom stereocenters. The van der Waals surface area contributed by atoms with Crippen LogP contribution in [0.4, 0.5) is 0 Å². The maximum Gasteiger partial charge on any atom is 0.264 e. The average Bonchev–Trinajstić information content (AvgIpc) is 3.08. The minimum Gasteiger partial charge on any atom is -0.339 e. The lowest BCUT2D eigenvalue weighted by Gasteiger charge is -2.34. The largest absolute Gasteiger partial charge is 0.339 e. The molecule has 2 amide bonds.